The summed E-state index contributed by atoms with van der Waals surface area (Å²) in [4.78, 5) is 40.6. The molecule has 4 rings (SSSR count). The van der Waals surface area contributed by atoms with Crippen molar-refractivity contribution in [3.05, 3.63) is 86.7 Å². The minimum atomic E-state index is -1.05. The van der Waals surface area contributed by atoms with E-state index in [1.54, 1.807) is 21.0 Å². The van der Waals surface area contributed by atoms with Gasteiger partial charge in [0.2, 0.25) is 0 Å². The van der Waals surface area contributed by atoms with Gasteiger partial charge in [0.25, 0.3) is 0 Å². The fourth-order valence-corrected chi connectivity index (χ4v) is 5.43. The highest BCUT2D eigenvalue weighted by atomic mass is 79.9. The van der Waals surface area contributed by atoms with Gasteiger partial charge in [-0.25, -0.2) is 4.79 Å². The SMILES string of the molecule is CCOC(=O)C1=C(C)NC2=C(C(=O)C(C(=O)OCC)C(c3ccc(OC)cc3)C2)C1c1ccc(Br)cc1. The number of dihydropyridines is 1. The summed E-state index contributed by atoms with van der Waals surface area (Å²) < 4.78 is 16.9. The lowest BCUT2D eigenvalue weighted by Gasteiger charge is -2.39. The van der Waals surface area contributed by atoms with Gasteiger partial charge >= 0.3 is 11.9 Å². The summed E-state index contributed by atoms with van der Waals surface area (Å²) in [6.07, 6.45) is 0.400. The number of ether oxygens (including phenoxy) is 3. The molecule has 1 aliphatic heterocycles. The van der Waals surface area contributed by atoms with E-state index in [0.29, 0.717) is 34.7 Å². The molecule has 0 bridgehead atoms. The van der Waals surface area contributed by atoms with Gasteiger partial charge in [-0.1, -0.05) is 40.2 Å². The molecule has 37 heavy (non-hydrogen) atoms. The molecule has 0 aromatic heterocycles. The van der Waals surface area contributed by atoms with Crippen molar-refractivity contribution in [2.75, 3.05) is 20.3 Å². The zero-order valence-corrected chi connectivity index (χ0v) is 22.9. The van der Waals surface area contributed by atoms with Gasteiger partial charge in [0.05, 0.1) is 25.9 Å². The van der Waals surface area contributed by atoms with Crippen LogP contribution < -0.4 is 10.1 Å². The van der Waals surface area contributed by atoms with Gasteiger partial charge in [-0.2, -0.15) is 0 Å². The van der Waals surface area contributed by atoms with Crippen LogP contribution in [0.2, 0.25) is 0 Å². The number of ketones is 1. The van der Waals surface area contributed by atoms with Crippen LogP contribution in [-0.2, 0) is 23.9 Å². The van der Waals surface area contributed by atoms with Gasteiger partial charge in [-0.15, -0.1) is 0 Å². The third kappa shape index (κ3) is 5.21. The molecule has 0 amide bonds. The smallest absolute Gasteiger partial charge is 0.336 e. The van der Waals surface area contributed by atoms with Crippen LogP contribution in [0.4, 0.5) is 0 Å². The largest absolute Gasteiger partial charge is 0.497 e. The molecule has 0 fully saturated rings. The number of hydrogen-bond donors (Lipinski definition) is 1. The lowest BCUT2D eigenvalue weighted by Crippen LogP contribution is -2.43. The van der Waals surface area contributed by atoms with E-state index in [0.717, 1.165) is 15.6 Å². The van der Waals surface area contributed by atoms with Crippen LogP contribution in [-0.4, -0.2) is 38.0 Å². The molecule has 1 N–H and O–H groups in total. The highest BCUT2D eigenvalue weighted by Gasteiger charge is 2.49. The number of methoxy groups -OCH3 is 1. The van der Waals surface area contributed by atoms with E-state index < -0.39 is 29.7 Å². The summed E-state index contributed by atoms with van der Waals surface area (Å²) in [7, 11) is 1.59. The van der Waals surface area contributed by atoms with Crippen LogP contribution in [0.15, 0.2) is 75.5 Å². The first-order valence-electron chi connectivity index (χ1n) is 12.3. The molecule has 0 spiro atoms. The number of Topliss-reactive ketones (excluding diaryl/α,β-unsaturated/α-hetero) is 1. The van der Waals surface area contributed by atoms with Gasteiger partial charge in [-0.3, -0.25) is 9.59 Å². The van der Waals surface area contributed by atoms with Crippen molar-refractivity contribution in [3.63, 3.8) is 0 Å². The van der Waals surface area contributed by atoms with E-state index in [-0.39, 0.29) is 19.0 Å². The second-order valence-electron chi connectivity index (χ2n) is 8.94. The second-order valence-corrected chi connectivity index (χ2v) is 9.85. The third-order valence-electron chi connectivity index (χ3n) is 6.80. The number of carbonyl (C=O) groups is 3. The van der Waals surface area contributed by atoms with Crippen LogP contribution >= 0.6 is 15.9 Å². The predicted molar refractivity (Wildman–Crippen MR) is 142 cm³/mol. The fraction of sp³-hybridized carbons (Fsp3) is 0.345. The Hall–Kier alpha value is -3.39. The van der Waals surface area contributed by atoms with Gasteiger partial charge in [0.15, 0.2) is 5.78 Å². The van der Waals surface area contributed by atoms with Crippen molar-refractivity contribution in [3.8, 4) is 5.75 Å². The Morgan fingerprint density at radius 1 is 0.973 bits per heavy atom. The minimum Gasteiger partial charge on any atom is -0.497 e. The van der Waals surface area contributed by atoms with E-state index >= 15 is 0 Å². The zero-order valence-electron chi connectivity index (χ0n) is 21.3. The second kappa shape index (κ2) is 11.3. The molecule has 1 aliphatic carbocycles. The molecule has 2 aromatic rings. The van der Waals surface area contributed by atoms with Crippen LogP contribution in [0.25, 0.3) is 0 Å². The summed E-state index contributed by atoms with van der Waals surface area (Å²) in [6, 6.07) is 14.9. The topological polar surface area (TPSA) is 90.9 Å². The summed E-state index contributed by atoms with van der Waals surface area (Å²) in [5, 5.41) is 3.31. The van der Waals surface area contributed by atoms with Gasteiger partial charge in [0, 0.05) is 33.3 Å². The normalized spacial score (nSPS) is 21.2. The van der Waals surface area contributed by atoms with Crippen LogP contribution in [0.5, 0.6) is 5.75 Å². The Labute approximate surface area is 225 Å². The average molecular weight is 568 g/mol. The molecule has 0 saturated heterocycles. The first-order chi connectivity index (χ1) is 17.8. The molecule has 0 saturated carbocycles. The summed E-state index contributed by atoms with van der Waals surface area (Å²) in [5.41, 5.74) is 3.68. The molecular formula is C29H30BrNO6. The van der Waals surface area contributed by atoms with Crippen molar-refractivity contribution < 1.29 is 28.6 Å². The van der Waals surface area contributed by atoms with Crippen molar-refractivity contribution in [1.82, 2.24) is 5.32 Å². The minimum absolute atomic E-state index is 0.158. The Morgan fingerprint density at radius 3 is 2.19 bits per heavy atom. The van der Waals surface area contributed by atoms with Crippen LogP contribution in [0.1, 0.15) is 50.2 Å². The maximum atomic E-state index is 14.3. The molecule has 1 heterocycles. The van der Waals surface area contributed by atoms with E-state index in [9.17, 15) is 14.4 Å². The first kappa shape index (κ1) is 26.7. The lowest BCUT2D eigenvalue weighted by atomic mass is 9.67. The standard InChI is InChI=1S/C29H30BrNO6/c1-5-36-28(33)23-16(3)31-22-15-21(17-9-13-20(35-4)14-10-17)25(29(34)37-6-2)27(32)26(22)24(23)18-7-11-19(30)12-8-18/h7-14,21,24-25,31H,5-6,15H2,1-4H3. The highest BCUT2D eigenvalue weighted by Crippen LogP contribution is 2.48. The summed E-state index contributed by atoms with van der Waals surface area (Å²) in [6.45, 7) is 5.63. The van der Waals surface area contributed by atoms with Gasteiger partial charge in [-0.05, 0) is 62.6 Å². The first-order valence-corrected chi connectivity index (χ1v) is 13.1. The van der Waals surface area contributed by atoms with Crippen molar-refractivity contribution in [2.45, 2.75) is 39.0 Å². The molecule has 8 heteroatoms. The Kier molecular flexibility index (Phi) is 8.17. The average Bonchev–Trinajstić information content (AvgIpc) is 2.88. The predicted octanol–water partition coefficient (Wildman–Crippen LogP) is 5.17. The number of benzene rings is 2. The Morgan fingerprint density at radius 2 is 1.59 bits per heavy atom. The third-order valence-corrected chi connectivity index (χ3v) is 7.33. The number of allylic oxidation sites excluding steroid dienone is 3. The summed E-state index contributed by atoms with van der Waals surface area (Å²) in [5.74, 6) is -2.90. The number of hydrogen-bond acceptors (Lipinski definition) is 7. The molecule has 194 valence electrons. The molecule has 0 radical (unpaired) electrons. The molecular weight excluding hydrogens is 538 g/mol. The molecule has 2 aromatic carbocycles. The molecule has 7 nitrogen and oxygen atoms in total. The number of esters is 2. The lowest BCUT2D eigenvalue weighted by molar-refractivity contribution is -0.152. The van der Waals surface area contributed by atoms with E-state index in [1.165, 1.54) is 0 Å². The Balaban J connectivity index is 1.87. The van der Waals surface area contributed by atoms with Gasteiger partial charge in [0.1, 0.15) is 11.7 Å². The van der Waals surface area contributed by atoms with Crippen molar-refractivity contribution in [1.29, 1.82) is 0 Å². The maximum Gasteiger partial charge on any atom is 0.336 e. The molecule has 2 aliphatic rings. The van der Waals surface area contributed by atoms with Crippen molar-refractivity contribution >= 4 is 33.7 Å². The van der Waals surface area contributed by atoms with Crippen LogP contribution in [0, 0.1) is 5.92 Å². The molecule has 3 unspecified atom stereocenters. The van der Waals surface area contributed by atoms with Crippen LogP contribution in [0.3, 0.4) is 0 Å². The number of carbonyl (C=O) groups excluding carboxylic acids is 3. The Bertz CT molecular complexity index is 1260. The monoisotopic (exact) mass is 567 g/mol. The van der Waals surface area contributed by atoms with Crippen molar-refractivity contribution in [2.24, 2.45) is 5.92 Å². The number of halogens is 1. The molecule has 3 atom stereocenters. The van der Waals surface area contributed by atoms with E-state index in [4.69, 9.17) is 14.2 Å². The summed E-state index contributed by atoms with van der Waals surface area (Å²) >= 11 is 3.46. The number of rotatable bonds is 7. The maximum absolute atomic E-state index is 14.3. The number of nitrogens with one attached hydrogen (secondary N) is 1. The quantitative estimate of drug-likeness (QED) is 0.364. The fourth-order valence-electron chi connectivity index (χ4n) is 5.17. The van der Waals surface area contributed by atoms with Gasteiger partial charge < -0.3 is 19.5 Å². The zero-order chi connectivity index (χ0) is 26.7. The highest BCUT2D eigenvalue weighted by molar-refractivity contribution is 9.10. The van der Waals surface area contributed by atoms with E-state index in [2.05, 4.69) is 21.2 Å². The van der Waals surface area contributed by atoms with E-state index in [1.807, 2.05) is 55.5 Å².